The molecular formula is C19H18N4O2. The van der Waals surface area contributed by atoms with Gasteiger partial charge in [0.1, 0.15) is 16.9 Å². The molecule has 2 amide bonds. The van der Waals surface area contributed by atoms with Crippen LogP contribution in [0.5, 0.6) is 0 Å². The Balaban J connectivity index is 1.67. The predicted molar refractivity (Wildman–Crippen MR) is 93.0 cm³/mol. The lowest BCUT2D eigenvalue weighted by atomic mass is 9.82. The fourth-order valence-corrected chi connectivity index (χ4v) is 3.33. The van der Waals surface area contributed by atoms with Crippen LogP contribution < -0.4 is 5.32 Å². The summed E-state index contributed by atoms with van der Waals surface area (Å²) in [5, 5.41) is 3.15. The summed E-state index contributed by atoms with van der Waals surface area (Å²) in [4.78, 5) is 30.5. The molecule has 1 N–H and O–H groups in total. The van der Waals surface area contributed by atoms with Crippen molar-refractivity contribution in [3.05, 3.63) is 72.2 Å². The number of amides is 2. The second-order valence-corrected chi connectivity index (χ2v) is 6.34. The maximum Gasteiger partial charge on any atom is 0.269 e. The highest BCUT2D eigenvalue weighted by Gasteiger charge is 2.47. The van der Waals surface area contributed by atoms with E-state index in [-0.39, 0.29) is 11.8 Å². The summed E-state index contributed by atoms with van der Waals surface area (Å²) in [6.07, 6.45) is 3.43. The lowest BCUT2D eigenvalue weighted by Gasteiger charge is -2.50. The van der Waals surface area contributed by atoms with Crippen LogP contribution in [0.1, 0.15) is 23.0 Å². The van der Waals surface area contributed by atoms with Gasteiger partial charge in [-0.05, 0) is 17.7 Å². The minimum atomic E-state index is -0.563. The molecule has 126 valence electrons. The highest BCUT2D eigenvalue weighted by Crippen LogP contribution is 2.32. The highest BCUT2D eigenvalue weighted by atomic mass is 16.2. The van der Waals surface area contributed by atoms with Crippen molar-refractivity contribution in [2.75, 3.05) is 13.1 Å². The number of nitrogens with one attached hydrogen (secondary N) is 1. The predicted octanol–water partition coefficient (Wildman–Crippen LogP) is 1.82. The van der Waals surface area contributed by atoms with E-state index in [1.165, 1.54) is 0 Å². The van der Waals surface area contributed by atoms with Gasteiger partial charge in [0.15, 0.2) is 0 Å². The van der Waals surface area contributed by atoms with Gasteiger partial charge >= 0.3 is 0 Å². The van der Waals surface area contributed by atoms with Crippen molar-refractivity contribution in [2.24, 2.45) is 0 Å². The molecule has 2 aromatic heterocycles. The Morgan fingerprint density at radius 3 is 2.56 bits per heavy atom. The molecule has 1 fully saturated rings. The first-order valence-corrected chi connectivity index (χ1v) is 8.15. The quantitative estimate of drug-likeness (QED) is 0.794. The van der Waals surface area contributed by atoms with E-state index < -0.39 is 5.54 Å². The molecule has 0 atom stereocenters. The fourth-order valence-electron chi connectivity index (χ4n) is 3.33. The van der Waals surface area contributed by atoms with Crippen LogP contribution in [-0.2, 0) is 10.3 Å². The van der Waals surface area contributed by atoms with E-state index in [2.05, 4.69) is 10.3 Å². The Kier molecular flexibility index (Phi) is 3.53. The van der Waals surface area contributed by atoms with Gasteiger partial charge in [0.25, 0.3) is 5.91 Å². The number of hydrogen-bond acceptors (Lipinski definition) is 3. The van der Waals surface area contributed by atoms with E-state index >= 15 is 0 Å². The minimum Gasteiger partial charge on any atom is -0.338 e. The number of fused-ring (bicyclic) bond motifs is 1. The standard InChI is InChI=1S/C19H18N4O2/c1-14(24)22-12-19(13-22,15-6-3-2-4-7-15)21-18(25)16-8-5-9-17-20-10-11-23(16)17/h2-11H,12-13H2,1H3,(H,21,25). The van der Waals surface area contributed by atoms with E-state index in [1.807, 2.05) is 42.5 Å². The van der Waals surface area contributed by atoms with Crippen molar-refractivity contribution >= 4 is 17.5 Å². The molecule has 0 bridgehead atoms. The Morgan fingerprint density at radius 2 is 1.84 bits per heavy atom. The molecule has 1 aromatic carbocycles. The monoisotopic (exact) mass is 334 g/mol. The number of benzene rings is 1. The van der Waals surface area contributed by atoms with Gasteiger partial charge < -0.3 is 10.2 Å². The molecule has 0 unspecified atom stereocenters. The third kappa shape index (κ3) is 2.55. The SMILES string of the molecule is CC(=O)N1CC(NC(=O)c2cccc3nccn23)(c2ccccc2)C1. The van der Waals surface area contributed by atoms with Crippen molar-refractivity contribution in [3.63, 3.8) is 0 Å². The van der Waals surface area contributed by atoms with Crippen LogP contribution >= 0.6 is 0 Å². The number of imidazole rings is 1. The van der Waals surface area contributed by atoms with E-state index in [0.29, 0.717) is 18.8 Å². The second-order valence-electron chi connectivity index (χ2n) is 6.34. The van der Waals surface area contributed by atoms with Crippen LogP contribution in [0.3, 0.4) is 0 Å². The van der Waals surface area contributed by atoms with Crippen LogP contribution in [0, 0.1) is 0 Å². The summed E-state index contributed by atoms with van der Waals surface area (Å²) < 4.78 is 1.76. The molecule has 3 heterocycles. The Hall–Kier alpha value is -3.15. The van der Waals surface area contributed by atoms with E-state index in [1.54, 1.807) is 34.7 Å². The van der Waals surface area contributed by atoms with Gasteiger partial charge in [-0.15, -0.1) is 0 Å². The number of rotatable bonds is 3. The van der Waals surface area contributed by atoms with Crippen LogP contribution in [-0.4, -0.2) is 39.2 Å². The topological polar surface area (TPSA) is 66.7 Å². The van der Waals surface area contributed by atoms with Crippen molar-refractivity contribution in [3.8, 4) is 0 Å². The zero-order valence-electron chi connectivity index (χ0n) is 13.8. The number of pyridine rings is 1. The molecule has 0 aliphatic carbocycles. The fraction of sp³-hybridized carbons (Fsp3) is 0.211. The summed E-state index contributed by atoms with van der Waals surface area (Å²) in [5.41, 5.74) is 1.68. The number of carbonyl (C=O) groups is 2. The summed E-state index contributed by atoms with van der Waals surface area (Å²) in [6, 6.07) is 15.2. The maximum absolute atomic E-state index is 13.0. The van der Waals surface area contributed by atoms with Gasteiger partial charge in [0, 0.05) is 32.4 Å². The zero-order chi connectivity index (χ0) is 17.4. The first-order chi connectivity index (χ1) is 12.1. The first kappa shape index (κ1) is 15.4. The van der Waals surface area contributed by atoms with Crippen molar-refractivity contribution in [2.45, 2.75) is 12.5 Å². The van der Waals surface area contributed by atoms with E-state index in [4.69, 9.17) is 0 Å². The Labute approximate surface area is 145 Å². The molecule has 6 heteroatoms. The molecule has 1 aliphatic rings. The average molecular weight is 334 g/mol. The molecule has 3 aromatic rings. The van der Waals surface area contributed by atoms with Gasteiger partial charge in [0.2, 0.25) is 5.91 Å². The van der Waals surface area contributed by atoms with Gasteiger partial charge in [-0.25, -0.2) is 4.98 Å². The molecule has 1 aliphatic heterocycles. The minimum absolute atomic E-state index is 0.0116. The molecule has 6 nitrogen and oxygen atoms in total. The van der Waals surface area contributed by atoms with Gasteiger partial charge in [-0.1, -0.05) is 36.4 Å². The zero-order valence-corrected chi connectivity index (χ0v) is 13.8. The molecule has 4 rings (SSSR count). The second kappa shape index (κ2) is 5.73. The lowest BCUT2D eigenvalue weighted by Crippen LogP contribution is -2.68. The van der Waals surface area contributed by atoms with Crippen LogP contribution in [0.15, 0.2) is 60.9 Å². The number of aromatic nitrogens is 2. The number of likely N-dealkylation sites (tertiary alicyclic amines) is 1. The van der Waals surface area contributed by atoms with Crippen molar-refractivity contribution < 1.29 is 9.59 Å². The number of carbonyl (C=O) groups excluding carboxylic acids is 2. The largest absolute Gasteiger partial charge is 0.338 e. The van der Waals surface area contributed by atoms with Crippen molar-refractivity contribution in [1.82, 2.24) is 19.6 Å². The van der Waals surface area contributed by atoms with Crippen molar-refractivity contribution in [1.29, 1.82) is 0 Å². The summed E-state index contributed by atoms with van der Waals surface area (Å²) in [5.74, 6) is -0.173. The van der Waals surface area contributed by atoms with Crippen LogP contribution in [0.2, 0.25) is 0 Å². The van der Waals surface area contributed by atoms with Gasteiger partial charge in [-0.3, -0.25) is 14.0 Å². The summed E-state index contributed by atoms with van der Waals surface area (Å²) in [7, 11) is 0. The highest BCUT2D eigenvalue weighted by molar-refractivity contribution is 5.94. The third-order valence-corrected chi connectivity index (χ3v) is 4.71. The molecular weight excluding hydrogens is 316 g/mol. The number of nitrogens with zero attached hydrogens (tertiary/aromatic N) is 3. The average Bonchev–Trinajstić information content (AvgIpc) is 3.06. The Morgan fingerprint density at radius 1 is 1.08 bits per heavy atom. The molecule has 1 saturated heterocycles. The van der Waals surface area contributed by atoms with E-state index in [9.17, 15) is 9.59 Å². The maximum atomic E-state index is 13.0. The third-order valence-electron chi connectivity index (χ3n) is 4.71. The summed E-state index contributed by atoms with van der Waals surface area (Å²) >= 11 is 0. The smallest absolute Gasteiger partial charge is 0.269 e. The Bertz CT molecular complexity index is 942. The van der Waals surface area contributed by atoms with Gasteiger partial charge in [0.05, 0.1) is 0 Å². The molecule has 25 heavy (non-hydrogen) atoms. The normalized spacial score (nSPS) is 15.6. The first-order valence-electron chi connectivity index (χ1n) is 8.15. The molecule has 0 radical (unpaired) electrons. The van der Waals surface area contributed by atoms with Crippen LogP contribution in [0.25, 0.3) is 5.65 Å². The number of hydrogen-bond donors (Lipinski definition) is 1. The molecule has 0 saturated carbocycles. The lowest BCUT2D eigenvalue weighted by molar-refractivity contribution is -0.137. The molecule has 0 spiro atoms. The summed E-state index contributed by atoms with van der Waals surface area (Å²) in [6.45, 7) is 2.49. The van der Waals surface area contributed by atoms with Gasteiger partial charge in [-0.2, -0.15) is 0 Å². The van der Waals surface area contributed by atoms with Crippen LogP contribution in [0.4, 0.5) is 0 Å². The van der Waals surface area contributed by atoms with E-state index in [0.717, 1.165) is 11.2 Å².